The molecule has 0 bridgehead atoms. The molecule has 94 valence electrons. The summed E-state index contributed by atoms with van der Waals surface area (Å²) in [6.07, 6.45) is 7.01. The number of thiophene rings is 1. The summed E-state index contributed by atoms with van der Waals surface area (Å²) in [6, 6.07) is 2.49. The molecule has 0 aliphatic heterocycles. The first kappa shape index (κ1) is 12.4. The Bertz CT molecular complexity index is 331. The third-order valence-electron chi connectivity index (χ3n) is 3.22. The third-order valence-corrected chi connectivity index (χ3v) is 3.95. The van der Waals surface area contributed by atoms with Crippen LogP contribution >= 0.6 is 11.3 Å². The number of carbonyl (C=O) groups excluding carboxylic acids is 1. The number of amides is 2. The Morgan fingerprint density at radius 3 is 2.88 bits per heavy atom. The first-order valence-electron chi connectivity index (χ1n) is 6.40. The number of hydrogen-bond donors (Lipinski definition) is 2. The van der Waals surface area contributed by atoms with E-state index >= 15 is 0 Å². The molecule has 1 saturated carbocycles. The molecule has 1 aromatic heterocycles. The lowest BCUT2D eigenvalue weighted by Crippen LogP contribution is -2.43. The first-order chi connectivity index (χ1) is 8.34. The lowest BCUT2D eigenvalue weighted by Gasteiger charge is -2.22. The second-order valence-electron chi connectivity index (χ2n) is 4.62. The molecule has 2 N–H and O–H groups in total. The summed E-state index contributed by atoms with van der Waals surface area (Å²) < 4.78 is 0. The van der Waals surface area contributed by atoms with E-state index in [0.29, 0.717) is 6.04 Å². The van der Waals surface area contributed by atoms with Crippen LogP contribution in [0.4, 0.5) is 4.79 Å². The van der Waals surface area contributed by atoms with Crippen molar-refractivity contribution in [1.29, 1.82) is 0 Å². The van der Waals surface area contributed by atoms with Crippen molar-refractivity contribution in [3.05, 3.63) is 22.4 Å². The second kappa shape index (κ2) is 6.64. The predicted molar refractivity (Wildman–Crippen MR) is 71.4 cm³/mol. The Morgan fingerprint density at radius 1 is 1.35 bits per heavy atom. The number of nitrogens with one attached hydrogen (secondary N) is 2. The van der Waals surface area contributed by atoms with Gasteiger partial charge in [-0.2, -0.15) is 11.3 Å². The molecule has 4 heteroatoms. The normalized spacial score (nSPS) is 16.7. The molecular formula is C13H20N2OS. The van der Waals surface area contributed by atoms with Crippen LogP contribution in [0.15, 0.2) is 16.8 Å². The molecule has 2 rings (SSSR count). The quantitative estimate of drug-likeness (QED) is 0.850. The Balaban J connectivity index is 1.60. The zero-order valence-corrected chi connectivity index (χ0v) is 10.9. The third kappa shape index (κ3) is 4.38. The average Bonchev–Trinajstić information content (AvgIpc) is 2.83. The van der Waals surface area contributed by atoms with Gasteiger partial charge in [-0.1, -0.05) is 19.3 Å². The van der Waals surface area contributed by atoms with Gasteiger partial charge in [-0.25, -0.2) is 4.79 Å². The largest absolute Gasteiger partial charge is 0.338 e. The van der Waals surface area contributed by atoms with E-state index in [0.717, 1.165) is 25.8 Å². The van der Waals surface area contributed by atoms with Gasteiger partial charge >= 0.3 is 6.03 Å². The maximum absolute atomic E-state index is 11.6. The zero-order chi connectivity index (χ0) is 11.9. The summed E-state index contributed by atoms with van der Waals surface area (Å²) in [7, 11) is 0. The number of urea groups is 1. The van der Waals surface area contributed by atoms with E-state index in [2.05, 4.69) is 27.5 Å². The molecule has 1 fully saturated rings. The van der Waals surface area contributed by atoms with Gasteiger partial charge in [-0.15, -0.1) is 0 Å². The van der Waals surface area contributed by atoms with Gasteiger partial charge in [-0.05, 0) is 41.7 Å². The van der Waals surface area contributed by atoms with Crippen LogP contribution in [0.25, 0.3) is 0 Å². The first-order valence-corrected chi connectivity index (χ1v) is 7.34. The van der Waals surface area contributed by atoms with Crippen molar-refractivity contribution in [1.82, 2.24) is 10.6 Å². The number of hydrogen-bond acceptors (Lipinski definition) is 2. The van der Waals surface area contributed by atoms with Crippen molar-refractivity contribution in [2.24, 2.45) is 0 Å². The average molecular weight is 252 g/mol. The maximum Gasteiger partial charge on any atom is 0.315 e. The van der Waals surface area contributed by atoms with Gasteiger partial charge in [0.1, 0.15) is 0 Å². The van der Waals surface area contributed by atoms with Crippen LogP contribution in [-0.4, -0.2) is 18.6 Å². The summed E-state index contributed by atoms with van der Waals surface area (Å²) in [5.74, 6) is 0. The van der Waals surface area contributed by atoms with Crippen LogP contribution in [0.1, 0.15) is 37.7 Å². The van der Waals surface area contributed by atoms with Crippen LogP contribution in [0.5, 0.6) is 0 Å². The summed E-state index contributed by atoms with van der Waals surface area (Å²) in [5, 5.41) is 10.2. The Labute approximate surface area is 107 Å². The molecule has 0 unspecified atom stereocenters. The minimum absolute atomic E-state index is 0.00729. The van der Waals surface area contributed by atoms with Crippen molar-refractivity contribution in [3.63, 3.8) is 0 Å². The monoisotopic (exact) mass is 252 g/mol. The van der Waals surface area contributed by atoms with E-state index in [1.54, 1.807) is 11.3 Å². The van der Waals surface area contributed by atoms with Crippen molar-refractivity contribution >= 4 is 17.4 Å². The van der Waals surface area contributed by atoms with Crippen LogP contribution < -0.4 is 10.6 Å². The number of carbonyl (C=O) groups is 1. The van der Waals surface area contributed by atoms with Crippen LogP contribution in [-0.2, 0) is 6.42 Å². The van der Waals surface area contributed by atoms with E-state index < -0.39 is 0 Å². The second-order valence-corrected chi connectivity index (χ2v) is 5.40. The summed E-state index contributed by atoms with van der Waals surface area (Å²) in [6.45, 7) is 0.718. The van der Waals surface area contributed by atoms with Gasteiger partial charge < -0.3 is 10.6 Å². The van der Waals surface area contributed by atoms with Crippen molar-refractivity contribution in [3.8, 4) is 0 Å². The summed E-state index contributed by atoms with van der Waals surface area (Å²) >= 11 is 1.70. The minimum atomic E-state index is -0.00729. The molecule has 0 aromatic carbocycles. The summed E-state index contributed by atoms with van der Waals surface area (Å²) in [5.41, 5.74) is 1.30. The highest BCUT2D eigenvalue weighted by atomic mass is 32.1. The zero-order valence-electron chi connectivity index (χ0n) is 10.1. The van der Waals surface area contributed by atoms with Crippen molar-refractivity contribution in [2.45, 2.75) is 44.6 Å². The molecule has 0 radical (unpaired) electrons. The lowest BCUT2D eigenvalue weighted by atomic mass is 9.96. The summed E-state index contributed by atoms with van der Waals surface area (Å²) in [4.78, 5) is 11.6. The highest BCUT2D eigenvalue weighted by molar-refractivity contribution is 7.07. The molecule has 3 nitrogen and oxygen atoms in total. The molecule has 17 heavy (non-hydrogen) atoms. The van der Waals surface area contributed by atoms with E-state index in [1.165, 1.54) is 24.8 Å². The Hall–Kier alpha value is -1.03. The van der Waals surface area contributed by atoms with Crippen molar-refractivity contribution < 1.29 is 4.79 Å². The van der Waals surface area contributed by atoms with Crippen LogP contribution in [0.2, 0.25) is 0 Å². The van der Waals surface area contributed by atoms with Gasteiger partial charge in [0.15, 0.2) is 0 Å². The Kier molecular flexibility index (Phi) is 4.86. The molecule has 2 amide bonds. The molecule has 1 aliphatic carbocycles. The standard InChI is InChI=1S/C13H20N2OS/c16-13(15-12-4-2-1-3-5-12)14-8-6-11-7-9-17-10-11/h7,9-10,12H,1-6,8H2,(H2,14,15,16). The van der Waals surface area contributed by atoms with Gasteiger partial charge in [0.05, 0.1) is 0 Å². The van der Waals surface area contributed by atoms with E-state index in [4.69, 9.17) is 0 Å². The fourth-order valence-corrected chi connectivity index (χ4v) is 2.94. The maximum atomic E-state index is 11.6. The smallest absolute Gasteiger partial charge is 0.315 e. The molecule has 0 atom stereocenters. The number of rotatable bonds is 4. The molecule has 0 saturated heterocycles. The highest BCUT2D eigenvalue weighted by Gasteiger charge is 2.14. The van der Waals surface area contributed by atoms with E-state index in [1.807, 2.05) is 0 Å². The lowest BCUT2D eigenvalue weighted by molar-refractivity contribution is 0.233. The van der Waals surface area contributed by atoms with E-state index in [-0.39, 0.29) is 6.03 Å². The SMILES string of the molecule is O=C(NCCc1ccsc1)NC1CCCCC1. The van der Waals surface area contributed by atoms with Gasteiger partial charge in [0.2, 0.25) is 0 Å². The predicted octanol–water partition coefficient (Wildman–Crippen LogP) is 2.92. The van der Waals surface area contributed by atoms with E-state index in [9.17, 15) is 4.79 Å². The van der Waals surface area contributed by atoms with Gasteiger partial charge in [0, 0.05) is 12.6 Å². The van der Waals surface area contributed by atoms with Crippen LogP contribution in [0.3, 0.4) is 0 Å². The fourth-order valence-electron chi connectivity index (χ4n) is 2.24. The highest BCUT2D eigenvalue weighted by Crippen LogP contribution is 2.17. The molecule has 1 aliphatic rings. The molecular weight excluding hydrogens is 232 g/mol. The fraction of sp³-hybridized carbons (Fsp3) is 0.615. The molecule has 1 heterocycles. The molecule has 1 aromatic rings. The van der Waals surface area contributed by atoms with Gasteiger partial charge in [0.25, 0.3) is 0 Å². The topological polar surface area (TPSA) is 41.1 Å². The Morgan fingerprint density at radius 2 is 2.18 bits per heavy atom. The molecule has 0 spiro atoms. The van der Waals surface area contributed by atoms with Crippen molar-refractivity contribution in [2.75, 3.05) is 6.54 Å². The van der Waals surface area contributed by atoms with Gasteiger partial charge in [-0.3, -0.25) is 0 Å². The van der Waals surface area contributed by atoms with Crippen LogP contribution in [0, 0.1) is 0 Å². The minimum Gasteiger partial charge on any atom is -0.338 e.